The van der Waals surface area contributed by atoms with Gasteiger partial charge in [0.15, 0.2) is 11.5 Å². The van der Waals surface area contributed by atoms with E-state index in [2.05, 4.69) is 4.98 Å². The molecular weight excluding hydrogens is 346 g/mol. The number of pyridine rings is 1. The number of aromatic nitrogens is 1. The van der Waals surface area contributed by atoms with E-state index in [0.29, 0.717) is 40.7 Å². The molecule has 0 bridgehead atoms. The lowest BCUT2D eigenvalue weighted by Crippen LogP contribution is -2.07. The van der Waals surface area contributed by atoms with E-state index in [1.54, 1.807) is 62.9 Å². The molecule has 0 fully saturated rings. The first-order valence-electron chi connectivity index (χ1n) is 8.62. The van der Waals surface area contributed by atoms with Gasteiger partial charge in [0.25, 0.3) is 0 Å². The molecule has 2 aromatic carbocycles. The van der Waals surface area contributed by atoms with Gasteiger partial charge in [0, 0.05) is 17.6 Å². The Balaban J connectivity index is 2.01. The van der Waals surface area contributed by atoms with Crippen LogP contribution in [0.5, 0.6) is 23.0 Å². The number of hydrogen-bond donors (Lipinski definition) is 0. The lowest BCUT2D eigenvalue weighted by Gasteiger charge is -2.14. The summed E-state index contributed by atoms with van der Waals surface area (Å²) in [6.07, 6.45) is 2.40. The summed E-state index contributed by atoms with van der Waals surface area (Å²) in [4.78, 5) is 16.7. The van der Waals surface area contributed by atoms with Gasteiger partial charge in [-0.15, -0.1) is 0 Å². The summed E-state index contributed by atoms with van der Waals surface area (Å²) in [5, 5.41) is 0.742. The van der Waals surface area contributed by atoms with Crippen molar-refractivity contribution in [3.05, 3.63) is 54.2 Å². The molecule has 0 saturated carbocycles. The van der Waals surface area contributed by atoms with E-state index in [4.69, 9.17) is 18.9 Å². The van der Waals surface area contributed by atoms with Crippen LogP contribution in [-0.4, -0.2) is 31.8 Å². The smallest absolute Gasteiger partial charge is 0.341 e. The van der Waals surface area contributed by atoms with E-state index >= 15 is 0 Å². The monoisotopic (exact) mass is 367 g/mol. The summed E-state index contributed by atoms with van der Waals surface area (Å²) in [5.41, 5.74) is 1.06. The molecular formula is C21H21NO5. The Morgan fingerprint density at radius 2 is 1.70 bits per heavy atom. The molecule has 0 unspecified atom stereocenters. The molecule has 0 N–H and O–H groups in total. The third-order valence-corrected chi connectivity index (χ3v) is 3.97. The fourth-order valence-corrected chi connectivity index (χ4v) is 2.65. The molecule has 0 amide bonds. The summed E-state index contributed by atoms with van der Waals surface area (Å²) in [7, 11) is 3.14. The van der Waals surface area contributed by atoms with Crippen molar-refractivity contribution in [2.24, 2.45) is 0 Å². The third-order valence-electron chi connectivity index (χ3n) is 3.97. The Hall–Kier alpha value is -3.28. The average molecular weight is 367 g/mol. The van der Waals surface area contributed by atoms with Crippen molar-refractivity contribution in [2.45, 2.75) is 13.3 Å². The highest BCUT2D eigenvalue weighted by Gasteiger charge is 2.16. The second kappa shape index (κ2) is 8.40. The van der Waals surface area contributed by atoms with E-state index in [1.165, 1.54) is 0 Å². The van der Waals surface area contributed by atoms with E-state index in [1.807, 2.05) is 6.92 Å². The zero-order chi connectivity index (χ0) is 19.2. The molecule has 0 radical (unpaired) electrons. The maximum Gasteiger partial charge on any atom is 0.341 e. The van der Waals surface area contributed by atoms with Gasteiger partial charge in [-0.1, -0.05) is 19.1 Å². The number of esters is 1. The predicted octanol–water partition coefficient (Wildman–Crippen LogP) is 4.61. The molecule has 6 heteroatoms. The molecule has 140 valence electrons. The number of carbonyl (C=O) groups excluding carboxylic acids is 1. The topological polar surface area (TPSA) is 66.9 Å². The molecule has 27 heavy (non-hydrogen) atoms. The normalized spacial score (nSPS) is 10.5. The van der Waals surface area contributed by atoms with E-state index in [9.17, 15) is 4.79 Å². The van der Waals surface area contributed by atoms with Crippen LogP contribution in [0.4, 0.5) is 0 Å². The van der Waals surface area contributed by atoms with Gasteiger partial charge >= 0.3 is 5.97 Å². The number of carbonyl (C=O) groups is 1. The van der Waals surface area contributed by atoms with Crippen LogP contribution >= 0.6 is 0 Å². The summed E-state index contributed by atoms with van der Waals surface area (Å²) in [6, 6.07) is 12.3. The van der Waals surface area contributed by atoms with Gasteiger partial charge in [0.05, 0.1) is 26.3 Å². The molecule has 0 spiro atoms. The van der Waals surface area contributed by atoms with Crippen LogP contribution in [0.2, 0.25) is 0 Å². The Morgan fingerprint density at radius 3 is 2.44 bits per heavy atom. The molecule has 0 atom stereocenters. The SMILES string of the molecule is CCCOC(=O)c1ccccc1Oc1ccnc2cc(OC)c(OC)cc12. The largest absolute Gasteiger partial charge is 0.493 e. The fraction of sp³-hybridized carbons (Fsp3) is 0.238. The van der Waals surface area contributed by atoms with Crippen LogP contribution in [-0.2, 0) is 4.74 Å². The van der Waals surface area contributed by atoms with Gasteiger partial charge < -0.3 is 18.9 Å². The first-order valence-corrected chi connectivity index (χ1v) is 8.62. The minimum absolute atomic E-state index is 0.363. The quantitative estimate of drug-likeness (QED) is 0.568. The lowest BCUT2D eigenvalue weighted by atomic mass is 10.1. The van der Waals surface area contributed by atoms with E-state index in [-0.39, 0.29) is 0 Å². The first kappa shape index (κ1) is 18.5. The molecule has 0 aliphatic rings. The minimum Gasteiger partial charge on any atom is -0.493 e. The molecule has 0 aliphatic carbocycles. The molecule has 0 saturated heterocycles. The zero-order valence-electron chi connectivity index (χ0n) is 15.5. The summed E-state index contributed by atoms with van der Waals surface area (Å²) in [5.74, 6) is 1.71. The Labute approximate surface area is 157 Å². The fourth-order valence-electron chi connectivity index (χ4n) is 2.65. The number of fused-ring (bicyclic) bond motifs is 1. The molecule has 0 aliphatic heterocycles. The number of ether oxygens (including phenoxy) is 4. The van der Waals surface area contributed by atoms with Crippen LogP contribution in [0.3, 0.4) is 0 Å². The first-order chi connectivity index (χ1) is 13.2. The maximum absolute atomic E-state index is 12.3. The number of para-hydroxylation sites is 1. The van der Waals surface area contributed by atoms with Crippen molar-refractivity contribution < 1.29 is 23.7 Å². The standard InChI is InChI=1S/C21H21NO5/c1-4-11-26-21(23)14-7-5-6-8-17(14)27-18-9-10-22-16-13-20(25-3)19(24-2)12-15(16)18/h5-10,12-13H,4,11H2,1-3H3. The van der Waals surface area contributed by atoms with E-state index in [0.717, 1.165) is 11.8 Å². The van der Waals surface area contributed by atoms with Crippen molar-refractivity contribution in [2.75, 3.05) is 20.8 Å². The number of hydrogen-bond acceptors (Lipinski definition) is 6. The van der Waals surface area contributed by atoms with Gasteiger partial charge in [0.2, 0.25) is 0 Å². The van der Waals surface area contributed by atoms with Crippen LogP contribution < -0.4 is 14.2 Å². The highest BCUT2D eigenvalue weighted by molar-refractivity contribution is 5.93. The molecule has 6 nitrogen and oxygen atoms in total. The Bertz CT molecular complexity index is 954. The van der Waals surface area contributed by atoms with Crippen molar-refractivity contribution >= 4 is 16.9 Å². The van der Waals surface area contributed by atoms with Crippen molar-refractivity contribution in [3.8, 4) is 23.0 Å². The van der Waals surface area contributed by atoms with Crippen molar-refractivity contribution in [1.29, 1.82) is 0 Å². The summed E-state index contributed by atoms with van der Waals surface area (Å²) in [6.45, 7) is 2.31. The minimum atomic E-state index is -0.412. The van der Waals surface area contributed by atoms with Gasteiger partial charge in [0.1, 0.15) is 17.1 Å². The molecule has 1 aromatic heterocycles. The molecule has 3 rings (SSSR count). The van der Waals surface area contributed by atoms with Gasteiger partial charge in [-0.3, -0.25) is 4.98 Å². The number of benzene rings is 2. The summed E-state index contributed by atoms with van der Waals surface area (Å²) >= 11 is 0. The summed E-state index contributed by atoms with van der Waals surface area (Å²) < 4.78 is 22.0. The zero-order valence-corrected chi connectivity index (χ0v) is 15.5. The van der Waals surface area contributed by atoms with Crippen LogP contribution in [0.1, 0.15) is 23.7 Å². The molecule has 3 aromatic rings. The van der Waals surface area contributed by atoms with Crippen LogP contribution in [0.15, 0.2) is 48.7 Å². The van der Waals surface area contributed by atoms with Crippen LogP contribution in [0, 0.1) is 0 Å². The van der Waals surface area contributed by atoms with Crippen molar-refractivity contribution in [3.63, 3.8) is 0 Å². The van der Waals surface area contributed by atoms with Gasteiger partial charge in [-0.05, 0) is 30.7 Å². The van der Waals surface area contributed by atoms with Crippen molar-refractivity contribution in [1.82, 2.24) is 4.98 Å². The van der Waals surface area contributed by atoms with E-state index < -0.39 is 5.97 Å². The highest BCUT2D eigenvalue weighted by atomic mass is 16.5. The van der Waals surface area contributed by atoms with Crippen LogP contribution in [0.25, 0.3) is 10.9 Å². The highest BCUT2D eigenvalue weighted by Crippen LogP contribution is 2.37. The third kappa shape index (κ3) is 3.95. The number of nitrogens with zero attached hydrogens (tertiary/aromatic N) is 1. The molecule has 1 heterocycles. The average Bonchev–Trinajstić information content (AvgIpc) is 2.71. The second-order valence-electron chi connectivity index (χ2n) is 5.77. The Morgan fingerprint density at radius 1 is 0.963 bits per heavy atom. The predicted molar refractivity (Wildman–Crippen MR) is 102 cm³/mol. The lowest BCUT2D eigenvalue weighted by molar-refractivity contribution is 0.0502. The second-order valence-corrected chi connectivity index (χ2v) is 5.77. The van der Waals surface area contributed by atoms with Gasteiger partial charge in [-0.25, -0.2) is 4.79 Å². The number of rotatable bonds is 7. The number of methoxy groups -OCH3 is 2. The van der Waals surface area contributed by atoms with Gasteiger partial charge in [-0.2, -0.15) is 0 Å². The Kier molecular flexibility index (Phi) is 5.76. The maximum atomic E-state index is 12.3.